The molecule has 8 heteroatoms. The van der Waals surface area contributed by atoms with Crippen molar-refractivity contribution in [2.24, 2.45) is 5.92 Å². The number of aromatic hydroxyl groups is 1. The summed E-state index contributed by atoms with van der Waals surface area (Å²) in [6, 6.07) is 9.32. The molecular weight excluding hydrogens is 442 g/mol. The smallest absolute Gasteiger partial charge is 0.239 e. The van der Waals surface area contributed by atoms with Gasteiger partial charge in [0.2, 0.25) is 11.8 Å². The summed E-state index contributed by atoms with van der Waals surface area (Å²) in [7, 11) is 0. The molecule has 1 aromatic heterocycles. The first kappa shape index (κ1) is 24.8. The number of anilines is 2. The number of nitriles is 1. The molecule has 35 heavy (non-hydrogen) atoms. The van der Waals surface area contributed by atoms with Crippen molar-refractivity contribution in [2.45, 2.75) is 64.8 Å². The Kier molecular flexibility index (Phi) is 7.76. The number of benzene rings is 1. The molecule has 2 fully saturated rings. The highest BCUT2D eigenvalue weighted by Crippen LogP contribution is 2.36. The summed E-state index contributed by atoms with van der Waals surface area (Å²) in [5.41, 5.74) is 2.96. The number of hydrogen-bond acceptors (Lipinski definition) is 5. The van der Waals surface area contributed by atoms with Gasteiger partial charge in [-0.15, -0.1) is 0 Å². The Balaban J connectivity index is 1.35. The van der Waals surface area contributed by atoms with Crippen LogP contribution in [0.3, 0.4) is 0 Å². The van der Waals surface area contributed by atoms with Crippen molar-refractivity contribution in [2.75, 3.05) is 30.3 Å². The average Bonchev–Trinajstić information content (AvgIpc) is 3.09. The molecular formula is C27H35N5O3. The number of carbonyl (C=O) groups is 2. The zero-order chi connectivity index (χ0) is 24.9. The molecule has 0 atom stereocenters. The zero-order valence-corrected chi connectivity index (χ0v) is 20.6. The first-order valence-electron chi connectivity index (χ1n) is 12.6. The van der Waals surface area contributed by atoms with Crippen LogP contribution in [0, 0.1) is 31.1 Å². The SMILES string of the molecule is Cc1c(C#N)c(NC(=O)CN2CCC(C(=O)Nc3ccccc3O)CC2)n(C2CCCCC2)c1C. The zero-order valence-electron chi connectivity index (χ0n) is 20.6. The number of amides is 2. The van der Waals surface area contributed by atoms with E-state index in [2.05, 4.69) is 26.2 Å². The number of phenolic OH excluding ortho intramolecular Hbond substituents is 1. The molecule has 1 aliphatic carbocycles. The first-order valence-corrected chi connectivity index (χ1v) is 12.6. The Morgan fingerprint density at radius 1 is 1.06 bits per heavy atom. The van der Waals surface area contributed by atoms with Gasteiger partial charge in [-0.05, 0) is 70.3 Å². The highest BCUT2D eigenvalue weighted by atomic mass is 16.3. The number of nitrogens with one attached hydrogen (secondary N) is 2. The standard InChI is InChI=1S/C27H35N5O3/c1-18-19(2)32(21-8-4-3-5-9-21)26(22(18)16-28)30-25(34)17-31-14-12-20(13-15-31)27(35)29-23-10-6-7-11-24(23)33/h6-7,10-11,20-21,33H,3-5,8-9,12-15,17H2,1-2H3,(H,29,35)(H,30,34). The van der Waals surface area contributed by atoms with Crippen LogP contribution >= 0.6 is 0 Å². The fraction of sp³-hybridized carbons (Fsp3) is 0.519. The Morgan fingerprint density at radius 3 is 2.40 bits per heavy atom. The fourth-order valence-electron chi connectivity index (χ4n) is 5.42. The number of carbonyl (C=O) groups excluding carboxylic acids is 2. The van der Waals surface area contributed by atoms with Crippen molar-refractivity contribution in [3.05, 3.63) is 41.1 Å². The Hall–Kier alpha value is -3.31. The number of phenols is 1. The van der Waals surface area contributed by atoms with E-state index in [1.54, 1.807) is 24.3 Å². The summed E-state index contributed by atoms with van der Waals surface area (Å²) in [5, 5.41) is 25.6. The fourth-order valence-corrected chi connectivity index (χ4v) is 5.42. The van der Waals surface area contributed by atoms with E-state index in [0.29, 0.717) is 49.0 Å². The predicted molar refractivity (Wildman–Crippen MR) is 135 cm³/mol. The van der Waals surface area contributed by atoms with Gasteiger partial charge in [-0.25, -0.2) is 0 Å². The van der Waals surface area contributed by atoms with Gasteiger partial charge in [-0.2, -0.15) is 5.26 Å². The van der Waals surface area contributed by atoms with Gasteiger partial charge in [0.05, 0.1) is 17.8 Å². The van der Waals surface area contributed by atoms with Gasteiger partial charge in [0.1, 0.15) is 17.6 Å². The summed E-state index contributed by atoms with van der Waals surface area (Å²) >= 11 is 0. The molecule has 8 nitrogen and oxygen atoms in total. The van der Waals surface area contributed by atoms with Crippen molar-refractivity contribution in [3.8, 4) is 11.8 Å². The number of para-hydroxylation sites is 2. The third-order valence-electron chi connectivity index (χ3n) is 7.55. The largest absolute Gasteiger partial charge is 0.506 e. The maximum atomic E-state index is 13.0. The molecule has 186 valence electrons. The molecule has 2 aliphatic rings. The highest BCUT2D eigenvalue weighted by Gasteiger charge is 2.29. The van der Waals surface area contributed by atoms with Crippen molar-refractivity contribution in [3.63, 3.8) is 0 Å². The predicted octanol–water partition coefficient (Wildman–Crippen LogP) is 4.48. The van der Waals surface area contributed by atoms with Gasteiger partial charge in [0.25, 0.3) is 0 Å². The Bertz CT molecular complexity index is 1120. The van der Waals surface area contributed by atoms with Crippen LogP contribution in [0.5, 0.6) is 5.75 Å². The van der Waals surface area contributed by atoms with Crippen LogP contribution in [-0.4, -0.2) is 46.0 Å². The van der Waals surface area contributed by atoms with E-state index in [1.165, 1.54) is 19.3 Å². The van der Waals surface area contributed by atoms with E-state index in [-0.39, 0.29) is 30.0 Å². The molecule has 1 aromatic carbocycles. The van der Waals surface area contributed by atoms with Crippen molar-refractivity contribution in [1.29, 1.82) is 5.26 Å². The highest BCUT2D eigenvalue weighted by molar-refractivity contribution is 5.94. The quantitative estimate of drug-likeness (QED) is 0.532. The van der Waals surface area contributed by atoms with Crippen LogP contribution in [0.1, 0.15) is 67.8 Å². The summed E-state index contributed by atoms with van der Waals surface area (Å²) in [6.07, 6.45) is 7.01. The molecule has 1 saturated heterocycles. The van der Waals surface area contributed by atoms with E-state index in [9.17, 15) is 20.0 Å². The number of likely N-dealkylation sites (tertiary alicyclic amines) is 1. The van der Waals surface area contributed by atoms with Crippen molar-refractivity contribution >= 4 is 23.3 Å². The monoisotopic (exact) mass is 477 g/mol. The summed E-state index contributed by atoms with van der Waals surface area (Å²) in [6.45, 7) is 5.49. The summed E-state index contributed by atoms with van der Waals surface area (Å²) in [5.74, 6) is 0.290. The molecule has 4 rings (SSSR count). The molecule has 2 heterocycles. The average molecular weight is 478 g/mol. The van der Waals surface area contributed by atoms with E-state index in [1.807, 2.05) is 13.8 Å². The van der Waals surface area contributed by atoms with Crippen LogP contribution < -0.4 is 10.6 Å². The van der Waals surface area contributed by atoms with Crippen LogP contribution in [0.4, 0.5) is 11.5 Å². The minimum absolute atomic E-state index is 0.0511. The van der Waals surface area contributed by atoms with Gasteiger partial charge in [0, 0.05) is 17.7 Å². The first-order chi connectivity index (χ1) is 16.9. The minimum Gasteiger partial charge on any atom is -0.506 e. The number of rotatable bonds is 6. The minimum atomic E-state index is -0.159. The van der Waals surface area contributed by atoms with Crippen LogP contribution in [-0.2, 0) is 9.59 Å². The third kappa shape index (κ3) is 5.51. The molecule has 2 amide bonds. The van der Waals surface area contributed by atoms with Gasteiger partial charge >= 0.3 is 0 Å². The van der Waals surface area contributed by atoms with Crippen molar-refractivity contribution < 1.29 is 14.7 Å². The molecule has 2 aromatic rings. The second-order valence-electron chi connectivity index (χ2n) is 9.81. The lowest BCUT2D eigenvalue weighted by Gasteiger charge is -2.31. The van der Waals surface area contributed by atoms with Gasteiger partial charge in [0.15, 0.2) is 0 Å². The lowest BCUT2D eigenvalue weighted by Crippen LogP contribution is -2.42. The molecule has 0 bridgehead atoms. The van der Waals surface area contributed by atoms with Crippen molar-refractivity contribution in [1.82, 2.24) is 9.47 Å². The molecule has 0 spiro atoms. The molecule has 1 saturated carbocycles. The third-order valence-corrected chi connectivity index (χ3v) is 7.55. The molecule has 3 N–H and O–H groups in total. The second kappa shape index (κ2) is 11.0. The van der Waals surface area contributed by atoms with E-state index in [0.717, 1.165) is 24.1 Å². The molecule has 0 unspecified atom stereocenters. The summed E-state index contributed by atoms with van der Waals surface area (Å²) in [4.78, 5) is 27.7. The van der Waals surface area contributed by atoms with Gasteiger partial charge in [-0.1, -0.05) is 31.4 Å². The lowest BCUT2D eigenvalue weighted by atomic mass is 9.95. The summed E-state index contributed by atoms with van der Waals surface area (Å²) < 4.78 is 2.18. The maximum absolute atomic E-state index is 13.0. The van der Waals surface area contributed by atoms with Gasteiger partial charge < -0.3 is 20.3 Å². The Morgan fingerprint density at radius 2 is 1.74 bits per heavy atom. The molecule has 1 aliphatic heterocycles. The number of piperidine rings is 1. The van der Waals surface area contributed by atoms with E-state index in [4.69, 9.17) is 0 Å². The Labute approximate surface area is 206 Å². The van der Waals surface area contributed by atoms with Crippen LogP contribution in [0.2, 0.25) is 0 Å². The van der Waals surface area contributed by atoms with Gasteiger partial charge in [-0.3, -0.25) is 14.5 Å². The topological polar surface area (TPSA) is 110 Å². The van der Waals surface area contributed by atoms with E-state index < -0.39 is 0 Å². The second-order valence-corrected chi connectivity index (χ2v) is 9.81. The lowest BCUT2D eigenvalue weighted by molar-refractivity contribution is -0.121. The maximum Gasteiger partial charge on any atom is 0.239 e. The van der Waals surface area contributed by atoms with Crippen LogP contribution in [0.15, 0.2) is 24.3 Å². The number of hydrogen-bond donors (Lipinski definition) is 3. The molecule has 0 radical (unpaired) electrons. The van der Waals surface area contributed by atoms with E-state index >= 15 is 0 Å². The van der Waals surface area contributed by atoms with Crippen LogP contribution in [0.25, 0.3) is 0 Å². The normalized spacial score (nSPS) is 17.6. The number of nitrogens with zero attached hydrogens (tertiary/aromatic N) is 3. The number of aromatic nitrogens is 1.